The quantitative estimate of drug-likeness (QED) is 0.456. The predicted octanol–water partition coefficient (Wildman–Crippen LogP) is 2.21. The Kier molecular flexibility index (Phi) is 6.62. The first kappa shape index (κ1) is 26.5. The average Bonchev–Trinajstić information content (AvgIpc) is 3.51. The minimum absolute atomic E-state index is 0.0225. The van der Waals surface area contributed by atoms with Gasteiger partial charge in [0.25, 0.3) is 11.8 Å². The molecule has 4 aliphatic rings. The van der Waals surface area contributed by atoms with Gasteiger partial charge in [-0.1, -0.05) is 11.2 Å². The van der Waals surface area contributed by atoms with Crippen LogP contribution in [-0.2, 0) is 11.3 Å². The number of imide groups is 2. The third kappa shape index (κ3) is 4.68. The van der Waals surface area contributed by atoms with E-state index < -0.39 is 23.8 Å². The fourth-order valence-corrected chi connectivity index (χ4v) is 6.46. The van der Waals surface area contributed by atoms with E-state index in [9.17, 15) is 23.6 Å². The van der Waals surface area contributed by atoms with Crippen molar-refractivity contribution in [3.63, 3.8) is 0 Å². The van der Waals surface area contributed by atoms with Crippen LogP contribution in [0.4, 0.5) is 15.0 Å². The third-order valence-corrected chi connectivity index (χ3v) is 8.71. The van der Waals surface area contributed by atoms with Gasteiger partial charge in [0.15, 0.2) is 11.4 Å². The first-order valence-electron chi connectivity index (χ1n) is 14.2. The molecule has 5 heterocycles. The molecular weight excluding hydrogens is 545 g/mol. The van der Waals surface area contributed by atoms with Crippen LogP contribution < -0.4 is 10.2 Å². The number of nitrogens with zero attached hydrogens (tertiary/aromatic N) is 6. The van der Waals surface area contributed by atoms with Crippen LogP contribution in [-0.4, -0.2) is 101 Å². The summed E-state index contributed by atoms with van der Waals surface area (Å²) in [5, 5.41) is 9.03. The van der Waals surface area contributed by atoms with Crippen molar-refractivity contribution < 1.29 is 28.1 Å². The Bertz CT molecular complexity index is 1590. The number of carbonyl (C=O) groups is 4. The summed E-state index contributed by atoms with van der Waals surface area (Å²) in [7, 11) is 0. The van der Waals surface area contributed by atoms with Gasteiger partial charge in [0.05, 0.1) is 23.1 Å². The first-order chi connectivity index (χ1) is 20.4. The number of hydrazine groups is 1. The van der Waals surface area contributed by atoms with Crippen LogP contribution in [0.2, 0.25) is 0 Å². The summed E-state index contributed by atoms with van der Waals surface area (Å²) < 4.78 is 18.9. The van der Waals surface area contributed by atoms with Crippen molar-refractivity contribution in [1.82, 2.24) is 30.3 Å². The molecule has 1 N–H and O–H groups in total. The molecule has 0 unspecified atom stereocenters. The molecule has 0 atom stereocenters. The second-order valence-corrected chi connectivity index (χ2v) is 11.2. The van der Waals surface area contributed by atoms with E-state index in [0.717, 1.165) is 78.9 Å². The lowest BCUT2D eigenvalue weighted by Crippen LogP contribution is -2.58. The van der Waals surface area contributed by atoms with Crippen molar-refractivity contribution in [2.24, 2.45) is 0 Å². The highest BCUT2D eigenvalue weighted by molar-refractivity contribution is 6.22. The first-order valence-corrected chi connectivity index (χ1v) is 14.2. The Morgan fingerprint density at radius 2 is 1.64 bits per heavy atom. The number of hydrogen-bond acceptors (Lipinski definition) is 9. The molecule has 218 valence electrons. The monoisotopic (exact) mass is 575 g/mol. The van der Waals surface area contributed by atoms with Gasteiger partial charge in [-0.2, -0.15) is 5.01 Å². The van der Waals surface area contributed by atoms with Gasteiger partial charge >= 0.3 is 6.03 Å². The maximum absolute atomic E-state index is 13.5. The van der Waals surface area contributed by atoms with E-state index in [2.05, 4.69) is 25.2 Å². The molecule has 0 aliphatic carbocycles. The molecule has 5 amide bonds. The van der Waals surface area contributed by atoms with Crippen LogP contribution >= 0.6 is 0 Å². The predicted molar refractivity (Wildman–Crippen MR) is 148 cm³/mol. The van der Waals surface area contributed by atoms with Gasteiger partial charge in [0.1, 0.15) is 5.82 Å². The summed E-state index contributed by atoms with van der Waals surface area (Å²) in [6.45, 7) is 5.97. The Hall–Kier alpha value is -4.36. The Balaban J connectivity index is 0.931. The Morgan fingerprint density at radius 1 is 0.881 bits per heavy atom. The van der Waals surface area contributed by atoms with Crippen molar-refractivity contribution in [3.05, 3.63) is 58.9 Å². The summed E-state index contributed by atoms with van der Waals surface area (Å²) in [5.74, 6) is -1.11. The van der Waals surface area contributed by atoms with Crippen LogP contribution in [0.5, 0.6) is 0 Å². The molecule has 7 rings (SSSR count). The van der Waals surface area contributed by atoms with Gasteiger partial charge in [0, 0.05) is 51.3 Å². The maximum atomic E-state index is 13.5. The van der Waals surface area contributed by atoms with E-state index in [1.165, 1.54) is 12.1 Å². The van der Waals surface area contributed by atoms with Crippen molar-refractivity contribution >= 4 is 40.5 Å². The maximum Gasteiger partial charge on any atom is 0.343 e. The number of rotatable bonds is 5. The zero-order valence-electron chi connectivity index (χ0n) is 22.9. The van der Waals surface area contributed by atoms with E-state index in [1.807, 2.05) is 6.07 Å². The van der Waals surface area contributed by atoms with Crippen LogP contribution in [0.3, 0.4) is 0 Å². The number of nitrogens with one attached hydrogen (secondary N) is 1. The fraction of sp³-hybridized carbons (Fsp3) is 0.414. The number of benzene rings is 2. The number of hydrogen-bond donors (Lipinski definition) is 1. The molecule has 0 bridgehead atoms. The minimum atomic E-state index is -0.770. The van der Waals surface area contributed by atoms with Crippen LogP contribution in [0.15, 0.2) is 40.9 Å². The topological polar surface area (TPSA) is 123 Å². The highest BCUT2D eigenvalue weighted by Gasteiger charge is 2.43. The molecule has 2 aromatic carbocycles. The van der Waals surface area contributed by atoms with Gasteiger partial charge in [-0.3, -0.25) is 29.5 Å². The van der Waals surface area contributed by atoms with Gasteiger partial charge in [-0.05, 0) is 55.8 Å². The highest BCUT2D eigenvalue weighted by Crippen LogP contribution is 2.30. The summed E-state index contributed by atoms with van der Waals surface area (Å²) >= 11 is 0. The number of amides is 5. The number of urea groups is 1. The largest absolute Gasteiger partial charge is 0.354 e. The minimum Gasteiger partial charge on any atom is -0.354 e. The van der Waals surface area contributed by atoms with Crippen molar-refractivity contribution in [3.8, 4) is 0 Å². The lowest BCUT2D eigenvalue weighted by molar-refractivity contribution is -0.122. The van der Waals surface area contributed by atoms with Crippen molar-refractivity contribution in [2.75, 3.05) is 50.7 Å². The van der Waals surface area contributed by atoms with Crippen LogP contribution in [0.25, 0.3) is 11.0 Å². The van der Waals surface area contributed by atoms with E-state index in [1.54, 1.807) is 18.2 Å². The second kappa shape index (κ2) is 10.5. The lowest BCUT2D eigenvalue weighted by Gasteiger charge is -2.42. The summed E-state index contributed by atoms with van der Waals surface area (Å²) in [6.07, 6.45) is 2.09. The highest BCUT2D eigenvalue weighted by atomic mass is 19.1. The smallest absolute Gasteiger partial charge is 0.343 e. The van der Waals surface area contributed by atoms with Gasteiger partial charge in [-0.15, -0.1) is 0 Å². The number of piperazine rings is 1. The number of likely N-dealkylation sites (tertiary alicyclic amines) is 1. The average molecular weight is 576 g/mol. The summed E-state index contributed by atoms with van der Waals surface area (Å²) in [6, 6.07) is 9.50. The summed E-state index contributed by atoms with van der Waals surface area (Å²) in [4.78, 5) is 56.9. The van der Waals surface area contributed by atoms with Crippen LogP contribution in [0.1, 0.15) is 45.5 Å². The molecule has 13 heteroatoms. The van der Waals surface area contributed by atoms with Crippen molar-refractivity contribution in [2.45, 2.75) is 31.8 Å². The standard InChI is InChI=1S/C29H30FN7O5/c30-19-2-4-22-24(16-19)42-32-26(22)35-13-11-34(12-14-35)20-5-8-33(9-6-20)17-18-1-3-21-23(15-18)28(40)37(27(21)39)36-10-7-25(38)31-29(36)41/h1-4,15-16,20H,5-14,17H2,(H,31,38,41). The number of piperidine rings is 1. The molecule has 4 aliphatic heterocycles. The van der Waals surface area contributed by atoms with Crippen LogP contribution in [0, 0.1) is 5.82 Å². The summed E-state index contributed by atoms with van der Waals surface area (Å²) in [5.41, 5.74) is 1.93. The van der Waals surface area contributed by atoms with E-state index in [4.69, 9.17) is 4.52 Å². The van der Waals surface area contributed by atoms with Gasteiger partial charge in [-0.25, -0.2) is 14.2 Å². The normalized spacial score (nSPS) is 21.0. The van der Waals surface area contributed by atoms with E-state index in [0.29, 0.717) is 18.2 Å². The third-order valence-electron chi connectivity index (χ3n) is 8.71. The lowest BCUT2D eigenvalue weighted by atomic mass is 10.0. The van der Waals surface area contributed by atoms with E-state index in [-0.39, 0.29) is 29.9 Å². The fourth-order valence-electron chi connectivity index (χ4n) is 6.46. The Morgan fingerprint density at radius 3 is 2.40 bits per heavy atom. The van der Waals surface area contributed by atoms with Gasteiger partial charge < -0.3 is 9.42 Å². The van der Waals surface area contributed by atoms with Gasteiger partial charge in [0.2, 0.25) is 5.91 Å². The number of fused-ring (bicyclic) bond motifs is 2. The molecule has 0 spiro atoms. The molecule has 12 nitrogen and oxygen atoms in total. The molecule has 1 aromatic heterocycles. The Labute approximate surface area is 240 Å². The molecule has 42 heavy (non-hydrogen) atoms. The molecular formula is C29H30FN7O5. The molecule has 3 aromatic rings. The van der Waals surface area contributed by atoms with E-state index >= 15 is 0 Å². The zero-order valence-corrected chi connectivity index (χ0v) is 22.9. The second-order valence-electron chi connectivity index (χ2n) is 11.2. The van der Waals surface area contributed by atoms with Crippen molar-refractivity contribution in [1.29, 1.82) is 0 Å². The molecule has 3 saturated heterocycles. The number of aromatic nitrogens is 1. The zero-order chi connectivity index (χ0) is 29.0. The number of halogens is 1. The molecule has 0 radical (unpaired) electrons. The number of anilines is 1. The number of carbonyl (C=O) groups excluding carboxylic acids is 4. The SMILES string of the molecule is O=C1CCN(N2C(=O)c3ccc(CN4CCC(N5CCN(c6noc7cc(F)ccc67)CC5)CC4)cc3C2=O)C(=O)N1. The molecule has 3 fully saturated rings. The molecule has 0 saturated carbocycles.